The first kappa shape index (κ1) is 14.3. The summed E-state index contributed by atoms with van der Waals surface area (Å²) in [7, 11) is -2.63. The van der Waals surface area contributed by atoms with Gasteiger partial charge in [-0.25, -0.2) is 13.1 Å². The summed E-state index contributed by atoms with van der Waals surface area (Å²) in [4.78, 5) is 20.7. The SMILES string of the molecule is CNC(=O)CNS(=O)(=O)c1cc([N+](=O)[O-])c(N)s1. The molecular formula is C7H10N4O5S2. The molecule has 0 radical (unpaired) electrons. The van der Waals surface area contributed by atoms with E-state index in [1.165, 1.54) is 7.05 Å². The maximum absolute atomic E-state index is 11.7. The highest BCUT2D eigenvalue weighted by Crippen LogP contribution is 2.34. The molecule has 4 N–H and O–H groups in total. The Balaban J connectivity index is 2.95. The highest BCUT2D eigenvalue weighted by atomic mass is 32.2. The summed E-state index contributed by atoms with van der Waals surface area (Å²) in [5, 5.41) is 12.5. The maximum Gasteiger partial charge on any atom is 0.304 e. The molecule has 1 amide bonds. The van der Waals surface area contributed by atoms with Gasteiger partial charge in [-0.2, -0.15) is 0 Å². The molecule has 0 saturated heterocycles. The Bertz CT molecular complexity index is 579. The molecule has 18 heavy (non-hydrogen) atoms. The third-order valence-electron chi connectivity index (χ3n) is 1.88. The maximum atomic E-state index is 11.7. The first-order valence-corrected chi connectivity index (χ1v) is 6.82. The summed E-state index contributed by atoms with van der Waals surface area (Å²) in [5.74, 6) is -0.530. The topological polar surface area (TPSA) is 144 Å². The number of hydrogen-bond donors (Lipinski definition) is 3. The molecule has 1 heterocycles. The number of hydrogen-bond acceptors (Lipinski definition) is 7. The number of carbonyl (C=O) groups excluding carboxylic acids is 1. The number of nitrogen functional groups attached to an aromatic ring is 1. The number of sulfonamides is 1. The van der Waals surface area contributed by atoms with Gasteiger partial charge < -0.3 is 11.1 Å². The number of nitro groups is 1. The lowest BCUT2D eigenvalue weighted by molar-refractivity contribution is -0.383. The molecule has 0 unspecified atom stereocenters. The van der Waals surface area contributed by atoms with Gasteiger partial charge in [-0.15, -0.1) is 0 Å². The van der Waals surface area contributed by atoms with E-state index >= 15 is 0 Å². The summed E-state index contributed by atoms with van der Waals surface area (Å²) in [6.07, 6.45) is 0. The average Bonchev–Trinajstić information content (AvgIpc) is 2.69. The molecule has 0 aliphatic rings. The van der Waals surface area contributed by atoms with E-state index in [9.17, 15) is 23.3 Å². The van der Waals surface area contributed by atoms with Crippen molar-refractivity contribution in [3.8, 4) is 0 Å². The molecule has 0 atom stereocenters. The van der Waals surface area contributed by atoms with E-state index in [0.29, 0.717) is 11.3 Å². The molecule has 0 fully saturated rings. The fraction of sp³-hybridized carbons (Fsp3) is 0.286. The van der Waals surface area contributed by atoms with Gasteiger partial charge in [-0.05, 0) is 0 Å². The molecule has 0 bridgehead atoms. The summed E-state index contributed by atoms with van der Waals surface area (Å²) >= 11 is 0.563. The van der Waals surface area contributed by atoms with Crippen LogP contribution in [0.2, 0.25) is 0 Å². The van der Waals surface area contributed by atoms with Gasteiger partial charge in [-0.1, -0.05) is 11.3 Å². The van der Waals surface area contributed by atoms with Crippen LogP contribution in [0.25, 0.3) is 0 Å². The normalized spacial score (nSPS) is 11.2. The number of thiophene rings is 1. The van der Waals surface area contributed by atoms with Gasteiger partial charge >= 0.3 is 5.69 Å². The van der Waals surface area contributed by atoms with Crippen LogP contribution in [0, 0.1) is 10.1 Å². The van der Waals surface area contributed by atoms with Gasteiger partial charge in [0, 0.05) is 13.1 Å². The van der Waals surface area contributed by atoms with E-state index in [1.54, 1.807) is 0 Å². The number of nitrogens with two attached hydrogens (primary N) is 1. The van der Waals surface area contributed by atoms with Crippen molar-refractivity contribution < 1.29 is 18.1 Å². The van der Waals surface area contributed by atoms with Crippen LogP contribution in [0.15, 0.2) is 10.3 Å². The summed E-state index contributed by atoms with van der Waals surface area (Å²) in [5.41, 5.74) is 4.85. The van der Waals surface area contributed by atoms with Crippen molar-refractivity contribution in [2.45, 2.75) is 4.21 Å². The number of amides is 1. The van der Waals surface area contributed by atoms with Gasteiger partial charge in [0.1, 0.15) is 4.21 Å². The Hall–Kier alpha value is -1.72. The standard InChI is InChI=1S/C7H10N4O5S2/c1-9-5(12)3-10-18(15,16)6-2-4(11(13)14)7(8)17-6/h2,10H,3,8H2,1H3,(H,9,12). The predicted octanol–water partition coefficient (Wildman–Crippen LogP) is -0.737. The van der Waals surface area contributed by atoms with Crippen LogP contribution in [-0.2, 0) is 14.8 Å². The molecule has 1 aromatic rings. The van der Waals surface area contributed by atoms with Gasteiger partial charge in [0.05, 0.1) is 11.5 Å². The second-order valence-electron chi connectivity index (χ2n) is 3.07. The minimum atomic E-state index is -3.98. The van der Waals surface area contributed by atoms with Crippen LogP contribution in [0.1, 0.15) is 0 Å². The van der Waals surface area contributed by atoms with E-state index < -0.39 is 33.1 Å². The van der Waals surface area contributed by atoms with Crippen molar-refractivity contribution in [1.82, 2.24) is 10.0 Å². The van der Waals surface area contributed by atoms with Crippen molar-refractivity contribution in [3.63, 3.8) is 0 Å². The van der Waals surface area contributed by atoms with Gasteiger partial charge in [-0.3, -0.25) is 14.9 Å². The molecule has 0 aliphatic heterocycles. The van der Waals surface area contributed by atoms with Crippen LogP contribution < -0.4 is 15.8 Å². The van der Waals surface area contributed by atoms with Crippen molar-refractivity contribution in [1.29, 1.82) is 0 Å². The van der Waals surface area contributed by atoms with E-state index in [0.717, 1.165) is 6.07 Å². The predicted molar refractivity (Wildman–Crippen MR) is 64.6 cm³/mol. The molecule has 0 saturated carbocycles. The minimum absolute atomic E-state index is 0.208. The third kappa shape index (κ3) is 3.15. The summed E-state index contributed by atoms with van der Waals surface area (Å²) < 4.78 is 25.1. The van der Waals surface area contributed by atoms with Crippen LogP contribution in [-0.4, -0.2) is 32.8 Å². The zero-order chi connectivity index (χ0) is 13.9. The highest BCUT2D eigenvalue weighted by Gasteiger charge is 2.24. The van der Waals surface area contributed by atoms with Crippen LogP contribution in [0.5, 0.6) is 0 Å². The number of likely N-dealkylation sites (N-methyl/N-ethyl adjacent to an activating group) is 1. The number of carbonyl (C=O) groups is 1. The van der Waals surface area contributed by atoms with Crippen molar-refractivity contribution >= 4 is 38.0 Å². The zero-order valence-electron chi connectivity index (χ0n) is 9.17. The Kier molecular flexibility index (Phi) is 4.21. The van der Waals surface area contributed by atoms with E-state index in [2.05, 4.69) is 5.32 Å². The minimum Gasteiger partial charge on any atom is -0.385 e. The quantitative estimate of drug-likeness (QED) is 0.482. The molecule has 11 heteroatoms. The van der Waals surface area contributed by atoms with Crippen molar-refractivity contribution in [2.75, 3.05) is 19.3 Å². The monoisotopic (exact) mass is 294 g/mol. The first-order valence-electron chi connectivity index (χ1n) is 4.52. The molecule has 9 nitrogen and oxygen atoms in total. The zero-order valence-corrected chi connectivity index (χ0v) is 10.8. The lowest BCUT2D eigenvalue weighted by Crippen LogP contribution is -2.34. The third-order valence-corrected chi connectivity index (χ3v) is 4.71. The second kappa shape index (κ2) is 5.29. The van der Waals surface area contributed by atoms with Crippen molar-refractivity contribution in [3.05, 3.63) is 16.2 Å². The average molecular weight is 294 g/mol. The molecule has 100 valence electrons. The van der Waals surface area contributed by atoms with Crippen molar-refractivity contribution in [2.24, 2.45) is 0 Å². The molecular weight excluding hydrogens is 284 g/mol. The molecule has 1 rings (SSSR count). The van der Waals surface area contributed by atoms with Gasteiger partial charge in [0.25, 0.3) is 10.0 Å². The smallest absolute Gasteiger partial charge is 0.304 e. The van der Waals surface area contributed by atoms with E-state index in [4.69, 9.17) is 5.73 Å². The Morgan fingerprint density at radius 3 is 2.67 bits per heavy atom. The number of rotatable bonds is 5. The number of nitrogens with one attached hydrogen (secondary N) is 2. The molecule has 1 aromatic heterocycles. The van der Waals surface area contributed by atoms with Gasteiger partial charge in [0.15, 0.2) is 5.00 Å². The molecule has 0 spiro atoms. The molecule has 0 aliphatic carbocycles. The fourth-order valence-electron chi connectivity index (χ4n) is 0.968. The summed E-state index contributed by atoms with van der Waals surface area (Å²) in [6, 6.07) is 0.853. The first-order chi connectivity index (χ1) is 8.27. The lowest BCUT2D eigenvalue weighted by Gasteiger charge is -2.02. The van der Waals surface area contributed by atoms with Crippen LogP contribution in [0.4, 0.5) is 10.7 Å². The largest absolute Gasteiger partial charge is 0.385 e. The summed E-state index contributed by atoms with van der Waals surface area (Å²) in [6.45, 7) is -0.454. The lowest BCUT2D eigenvalue weighted by atomic mass is 10.5. The van der Waals surface area contributed by atoms with E-state index in [1.807, 2.05) is 4.72 Å². The number of anilines is 1. The fourth-order valence-corrected chi connectivity index (χ4v) is 3.21. The van der Waals surface area contributed by atoms with E-state index in [-0.39, 0.29) is 9.21 Å². The molecule has 0 aromatic carbocycles. The number of nitrogens with zero attached hydrogens (tertiary/aromatic N) is 1. The Morgan fingerprint density at radius 2 is 2.22 bits per heavy atom. The van der Waals surface area contributed by atoms with Gasteiger partial charge in [0.2, 0.25) is 5.91 Å². The van der Waals surface area contributed by atoms with Crippen LogP contribution >= 0.6 is 11.3 Å². The highest BCUT2D eigenvalue weighted by molar-refractivity contribution is 7.91. The Labute approximate surface area is 106 Å². The second-order valence-corrected chi connectivity index (χ2v) is 6.15. The Morgan fingerprint density at radius 1 is 1.61 bits per heavy atom. The van der Waals surface area contributed by atoms with Crippen LogP contribution in [0.3, 0.4) is 0 Å².